The summed E-state index contributed by atoms with van der Waals surface area (Å²) < 4.78 is 5.81. The quantitative estimate of drug-likeness (QED) is 0.899. The number of piperazine rings is 1. The predicted molar refractivity (Wildman–Crippen MR) is 99.7 cm³/mol. The van der Waals surface area contributed by atoms with E-state index in [9.17, 15) is 0 Å². The number of benzene rings is 1. The summed E-state index contributed by atoms with van der Waals surface area (Å²) in [6, 6.07) is 13.0. The van der Waals surface area contributed by atoms with E-state index < -0.39 is 0 Å². The Bertz CT molecular complexity index is 621. The highest BCUT2D eigenvalue weighted by Crippen LogP contribution is 2.24. The molecular weight excluding hydrogens is 322 g/mol. The molecule has 0 aliphatic carbocycles. The van der Waals surface area contributed by atoms with Gasteiger partial charge in [0.05, 0.1) is 6.10 Å². The van der Waals surface area contributed by atoms with E-state index in [2.05, 4.69) is 53.3 Å². The zero-order valence-electron chi connectivity index (χ0n) is 14.3. The molecule has 0 radical (unpaired) electrons. The molecule has 0 bridgehead atoms. The average molecular weight is 348 g/mol. The first kappa shape index (κ1) is 18.7. The average Bonchev–Trinajstić information content (AvgIpc) is 2.56. The van der Waals surface area contributed by atoms with Crippen molar-refractivity contribution in [1.29, 1.82) is 0 Å². The van der Waals surface area contributed by atoms with Gasteiger partial charge in [-0.2, -0.15) is 0 Å². The van der Waals surface area contributed by atoms with Gasteiger partial charge in [-0.1, -0.05) is 18.2 Å². The van der Waals surface area contributed by atoms with Gasteiger partial charge in [0.1, 0.15) is 5.75 Å². The van der Waals surface area contributed by atoms with Gasteiger partial charge >= 0.3 is 0 Å². The third kappa shape index (κ3) is 4.94. The van der Waals surface area contributed by atoms with Crippen molar-refractivity contribution >= 4 is 12.4 Å². The van der Waals surface area contributed by atoms with Crippen LogP contribution >= 0.6 is 12.4 Å². The molecule has 1 unspecified atom stereocenters. The Kier molecular flexibility index (Phi) is 7.03. The van der Waals surface area contributed by atoms with Gasteiger partial charge in [-0.25, -0.2) is 0 Å². The van der Waals surface area contributed by atoms with Crippen LogP contribution in [0.15, 0.2) is 48.8 Å². The highest BCUT2D eigenvalue weighted by atomic mass is 35.5. The summed E-state index contributed by atoms with van der Waals surface area (Å²) in [5.41, 5.74) is 2.56. The zero-order valence-corrected chi connectivity index (χ0v) is 15.1. The van der Waals surface area contributed by atoms with Crippen LogP contribution in [0.25, 0.3) is 0 Å². The number of pyridine rings is 1. The van der Waals surface area contributed by atoms with Crippen LogP contribution < -0.4 is 10.1 Å². The second-order valence-electron chi connectivity index (χ2n) is 6.29. The molecule has 3 rings (SSSR count). The molecule has 1 aromatic carbocycles. The number of aromatic nitrogens is 1. The van der Waals surface area contributed by atoms with Crippen molar-refractivity contribution in [3.8, 4) is 5.75 Å². The largest absolute Gasteiger partial charge is 0.491 e. The molecule has 5 heteroatoms. The third-order valence-corrected chi connectivity index (χ3v) is 4.08. The molecule has 1 fully saturated rings. The monoisotopic (exact) mass is 347 g/mol. The molecule has 2 heterocycles. The zero-order chi connectivity index (χ0) is 16.1. The van der Waals surface area contributed by atoms with E-state index in [1.54, 1.807) is 0 Å². The summed E-state index contributed by atoms with van der Waals surface area (Å²) in [4.78, 5) is 6.79. The van der Waals surface area contributed by atoms with Crippen LogP contribution in [0.4, 0.5) is 0 Å². The normalized spacial score (nSPS) is 18.2. The maximum Gasteiger partial charge on any atom is 0.120 e. The Hall–Kier alpha value is -1.62. The Morgan fingerprint density at radius 2 is 2.17 bits per heavy atom. The number of hydrogen-bond acceptors (Lipinski definition) is 4. The molecule has 1 saturated heterocycles. The van der Waals surface area contributed by atoms with Crippen LogP contribution in [0.1, 0.15) is 31.0 Å². The van der Waals surface area contributed by atoms with E-state index in [1.165, 1.54) is 11.1 Å². The Balaban J connectivity index is 0.00000208. The lowest BCUT2D eigenvalue weighted by atomic mass is 10.0. The molecule has 1 N–H and O–H groups in total. The molecule has 1 atom stereocenters. The molecule has 1 aliphatic heterocycles. The first-order valence-corrected chi connectivity index (χ1v) is 8.32. The Morgan fingerprint density at radius 3 is 2.92 bits per heavy atom. The Labute approximate surface area is 150 Å². The number of nitrogens with zero attached hydrogens (tertiary/aromatic N) is 2. The number of halogens is 1. The number of nitrogens with one attached hydrogen (secondary N) is 1. The van der Waals surface area contributed by atoms with Gasteiger partial charge in [0, 0.05) is 44.6 Å². The Morgan fingerprint density at radius 1 is 1.29 bits per heavy atom. The topological polar surface area (TPSA) is 37.4 Å². The SMILES string of the molecule is CC(C)Oc1cccc(CN2CCNCC2c2cccnc2)c1.Cl. The standard InChI is InChI=1S/C19H25N3O.ClH/c1-15(2)23-18-7-3-5-16(11-18)14-22-10-9-21-13-19(22)17-6-4-8-20-12-17;/h3-8,11-12,15,19,21H,9-10,13-14H2,1-2H3;1H. The van der Waals surface area contributed by atoms with Crippen LogP contribution in [-0.2, 0) is 6.54 Å². The van der Waals surface area contributed by atoms with Crippen molar-refractivity contribution in [3.05, 3.63) is 59.9 Å². The summed E-state index contributed by atoms with van der Waals surface area (Å²) in [7, 11) is 0. The summed E-state index contributed by atoms with van der Waals surface area (Å²) in [5, 5.41) is 3.49. The molecule has 4 nitrogen and oxygen atoms in total. The lowest BCUT2D eigenvalue weighted by Gasteiger charge is -2.36. The van der Waals surface area contributed by atoms with Crippen molar-refractivity contribution in [2.24, 2.45) is 0 Å². The molecule has 130 valence electrons. The van der Waals surface area contributed by atoms with Crippen LogP contribution in [0.3, 0.4) is 0 Å². The van der Waals surface area contributed by atoms with Crippen LogP contribution in [0.2, 0.25) is 0 Å². The number of ether oxygens (including phenoxy) is 1. The molecule has 24 heavy (non-hydrogen) atoms. The van der Waals surface area contributed by atoms with Crippen LogP contribution in [-0.4, -0.2) is 35.6 Å². The van der Waals surface area contributed by atoms with Gasteiger partial charge in [0.2, 0.25) is 0 Å². The van der Waals surface area contributed by atoms with Gasteiger partial charge in [0.15, 0.2) is 0 Å². The second-order valence-corrected chi connectivity index (χ2v) is 6.29. The molecule has 1 aliphatic rings. The summed E-state index contributed by atoms with van der Waals surface area (Å²) in [6.07, 6.45) is 4.01. The van der Waals surface area contributed by atoms with Gasteiger partial charge in [-0.05, 0) is 43.2 Å². The van der Waals surface area contributed by atoms with Crippen molar-refractivity contribution in [1.82, 2.24) is 15.2 Å². The highest BCUT2D eigenvalue weighted by Gasteiger charge is 2.23. The van der Waals surface area contributed by atoms with Gasteiger partial charge in [-0.3, -0.25) is 9.88 Å². The minimum Gasteiger partial charge on any atom is -0.491 e. The fraction of sp³-hybridized carbons (Fsp3) is 0.421. The fourth-order valence-electron chi connectivity index (χ4n) is 3.06. The third-order valence-electron chi connectivity index (χ3n) is 4.08. The first-order chi connectivity index (χ1) is 11.2. The minimum atomic E-state index is 0. The fourth-order valence-corrected chi connectivity index (χ4v) is 3.06. The van der Waals surface area contributed by atoms with E-state index in [0.29, 0.717) is 6.04 Å². The van der Waals surface area contributed by atoms with Gasteiger partial charge in [-0.15, -0.1) is 12.4 Å². The van der Waals surface area contributed by atoms with E-state index in [0.717, 1.165) is 31.9 Å². The predicted octanol–water partition coefficient (Wildman–Crippen LogP) is 3.44. The van der Waals surface area contributed by atoms with Gasteiger partial charge in [0.25, 0.3) is 0 Å². The van der Waals surface area contributed by atoms with E-state index in [1.807, 2.05) is 24.5 Å². The molecule has 0 amide bonds. The van der Waals surface area contributed by atoms with Crippen LogP contribution in [0, 0.1) is 0 Å². The number of rotatable bonds is 5. The lowest BCUT2D eigenvalue weighted by Crippen LogP contribution is -2.45. The smallest absolute Gasteiger partial charge is 0.120 e. The summed E-state index contributed by atoms with van der Waals surface area (Å²) in [5.74, 6) is 0.950. The highest BCUT2D eigenvalue weighted by molar-refractivity contribution is 5.85. The summed E-state index contributed by atoms with van der Waals surface area (Å²) in [6.45, 7) is 8.07. The molecule has 1 aromatic heterocycles. The van der Waals surface area contributed by atoms with Crippen molar-refractivity contribution in [3.63, 3.8) is 0 Å². The van der Waals surface area contributed by atoms with E-state index >= 15 is 0 Å². The van der Waals surface area contributed by atoms with Crippen LogP contribution in [0.5, 0.6) is 5.75 Å². The maximum atomic E-state index is 5.81. The molecule has 0 saturated carbocycles. The van der Waals surface area contributed by atoms with Crippen molar-refractivity contribution in [2.75, 3.05) is 19.6 Å². The molecule has 0 spiro atoms. The molecular formula is C19H26ClN3O. The first-order valence-electron chi connectivity index (χ1n) is 8.32. The van der Waals surface area contributed by atoms with E-state index in [4.69, 9.17) is 4.74 Å². The lowest BCUT2D eigenvalue weighted by molar-refractivity contribution is 0.153. The maximum absolute atomic E-state index is 5.81. The summed E-state index contributed by atoms with van der Waals surface area (Å²) >= 11 is 0. The second kappa shape index (κ2) is 9.02. The minimum absolute atomic E-state index is 0. The van der Waals surface area contributed by atoms with E-state index in [-0.39, 0.29) is 18.5 Å². The van der Waals surface area contributed by atoms with Gasteiger partial charge < -0.3 is 10.1 Å². The molecule has 2 aromatic rings. The van der Waals surface area contributed by atoms with Crippen molar-refractivity contribution < 1.29 is 4.74 Å². The van der Waals surface area contributed by atoms with Crippen molar-refractivity contribution in [2.45, 2.75) is 32.5 Å². The number of hydrogen-bond donors (Lipinski definition) is 1.